The van der Waals surface area contributed by atoms with Crippen molar-refractivity contribution in [2.75, 3.05) is 6.61 Å². The third-order valence-electron chi connectivity index (χ3n) is 3.63. The summed E-state index contributed by atoms with van der Waals surface area (Å²) in [7, 11) is 0. The highest BCUT2D eigenvalue weighted by molar-refractivity contribution is 5.92. The van der Waals surface area contributed by atoms with Crippen molar-refractivity contribution >= 4 is 11.6 Å². The quantitative estimate of drug-likeness (QED) is 0.620. The van der Waals surface area contributed by atoms with Crippen LogP contribution in [0.1, 0.15) is 24.3 Å². The smallest absolute Gasteiger partial charge is 0.272 e. The van der Waals surface area contributed by atoms with Crippen LogP contribution in [0.25, 0.3) is 5.69 Å². The average molecular weight is 318 g/mol. The van der Waals surface area contributed by atoms with Crippen molar-refractivity contribution in [1.82, 2.24) is 15.1 Å². The first-order valence-corrected chi connectivity index (χ1v) is 7.14. The van der Waals surface area contributed by atoms with Gasteiger partial charge >= 0.3 is 0 Å². The SMILES string of the molecule is CC(CO)C(C)NC(=O)c1ccn(-c2cccc([N+](=O)[O-])c2)n1. The summed E-state index contributed by atoms with van der Waals surface area (Å²) in [6.07, 6.45) is 1.56. The highest BCUT2D eigenvalue weighted by atomic mass is 16.6. The summed E-state index contributed by atoms with van der Waals surface area (Å²) >= 11 is 0. The summed E-state index contributed by atoms with van der Waals surface area (Å²) in [6, 6.07) is 7.32. The van der Waals surface area contributed by atoms with Crippen molar-refractivity contribution in [3.05, 3.63) is 52.3 Å². The van der Waals surface area contributed by atoms with E-state index >= 15 is 0 Å². The van der Waals surface area contributed by atoms with E-state index in [2.05, 4.69) is 10.4 Å². The Labute approximate surface area is 132 Å². The predicted octanol–water partition coefficient (Wildman–Crippen LogP) is 1.53. The number of non-ortho nitro benzene ring substituents is 1. The second-order valence-corrected chi connectivity index (χ2v) is 5.34. The molecule has 2 unspecified atom stereocenters. The molecule has 0 fully saturated rings. The number of nitro groups is 1. The van der Waals surface area contributed by atoms with E-state index in [9.17, 15) is 14.9 Å². The third-order valence-corrected chi connectivity index (χ3v) is 3.63. The molecule has 0 saturated carbocycles. The molecule has 0 saturated heterocycles. The minimum atomic E-state index is -0.488. The van der Waals surface area contributed by atoms with Gasteiger partial charge in [0.2, 0.25) is 0 Å². The molecule has 1 aromatic carbocycles. The Kier molecular flexibility index (Phi) is 5.07. The Bertz CT molecular complexity index is 713. The summed E-state index contributed by atoms with van der Waals surface area (Å²) < 4.78 is 1.40. The maximum absolute atomic E-state index is 12.1. The molecule has 0 aliphatic heterocycles. The molecule has 0 bridgehead atoms. The average Bonchev–Trinajstić information content (AvgIpc) is 3.04. The van der Waals surface area contributed by atoms with Crippen molar-refractivity contribution in [2.24, 2.45) is 5.92 Å². The molecular formula is C15H18N4O4. The zero-order valence-electron chi connectivity index (χ0n) is 12.8. The van der Waals surface area contributed by atoms with Crippen LogP contribution in [0.3, 0.4) is 0 Å². The lowest BCUT2D eigenvalue weighted by molar-refractivity contribution is -0.384. The number of carbonyl (C=O) groups is 1. The van der Waals surface area contributed by atoms with Crippen molar-refractivity contribution in [2.45, 2.75) is 19.9 Å². The van der Waals surface area contributed by atoms with E-state index in [1.807, 2.05) is 6.92 Å². The van der Waals surface area contributed by atoms with E-state index in [1.165, 1.54) is 22.9 Å². The molecule has 0 aliphatic carbocycles. The van der Waals surface area contributed by atoms with Crippen LogP contribution in [0.5, 0.6) is 0 Å². The molecule has 1 heterocycles. The first kappa shape index (κ1) is 16.6. The third kappa shape index (κ3) is 3.92. The Morgan fingerprint density at radius 1 is 1.43 bits per heavy atom. The topological polar surface area (TPSA) is 110 Å². The van der Waals surface area contributed by atoms with Crippen LogP contribution in [0.2, 0.25) is 0 Å². The summed E-state index contributed by atoms with van der Waals surface area (Å²) in [5, 5.41) is 26.8. The maximum Gasteiger partial charge on any atom is 0.272 e. The van der Waals surface area contributed by atoms with Gasteiger partial charge in [-0.15, -0.1) is 0 Å². The van der Waals surface area contributed by atoms with Crippen LogP contribution < -0.4 is 5.32 Å². The number of nitrogens with zero attached hydrogens (tertiary/aromatic N) is 3. The number of benzene rings is 1. The molecule has 1 amide bonds. The van der Waals surface area contributed by atoms with Gasteiger partial charge in [-0.1, -0.05) is 13.0 Å². The fraction of sp³-hybridized carbons (Fsp3) is 0.333. The molecule has 8 nitrogen and oxygen atoms in total. The lowest BCUT2D eigenvalue weighted by Crippen LogP contribution is -2.38. The van der Waals surface area contributed by atoms with Gasteiger partial charge in [-0.2, -0.15) is 5.10 Å². The summed E-state index contributed by atoms with van der Waals surface area (Å²) in [5.74, 6) is -0.431. The van der Waals surface area contributed by atoms with E-state index in [0.29, 0.717) is 5.69 Å². The number of aliphatic hydroxyl groups is 1. The Morgan fingerprint density at radius 3 is 2.83 bits per heavy atom. The van der Waals surface area contributed by atoms with Crippen molar-refractivity contribution in [3.8, 4) is 5.69 Å². The number of aromatic nitrogens is 2. The number of nitrogens with one attached hydrogen (secondary N) is 1. The monoisotopic (exact) mass is 318 g/mol. The van der Waals surface area contributed by atoms with Gasteiger partial charge in [-0.3, -0.25) is 14.9 Å². The molecule has 1 aromatic heterocycles. The fourth-order valence-electron chi connectivity index (χ4n) is 1.92. The molecule has 2 atom stereocenters. The van der Waals surface area contributed by atoms with Gasteiger partial charge in [0, 0.05) is 31.0 Å². The van der Waals surface area contributed by atoms with E-state index in [-0.39, 0.29) is 35.9 Å². The standard InChI is InChI=1S/C15H18N4O4/c1-10(9-20)11(2)16-15(21)14-6-7-18(17-14)12-4-3-5-13(8-12)19(22)23/h3-8,10-11,20H,9H2,1-2H3,(H,16,21). The highest BCUT2D eigenvalue weighted by Crippen LogP contribution is 2.16. The van der Waals surface area contributed by atoms with Crippen LogP contribution in [0, 0.1) is 16.0 Å². The van der Waals surface area contributed by atoms with Gasteiger partial charge in [-0.05, 0) is 25.0 Å². The van der Waals surface area contributed by atoms with Crippen LogP contribution in [0.15, 0.2) is 36.5 Å². The first-order chi connectivity index (χ1) is 10.9. The molecule has 8 heteroatoms. The van der Waals surface area contributed by atoms with Crippen LogP contribution in [-0.2, 0) is 0 Å². The number of aliphatic hydroxyl groups excluding tert-OH is 1. The lowest BCUT2D eigenvalue weighted by Gasteiger charge is -2.18. The van der Waals surface area contributed by atoms with E-state index < -0.39 is 4.92 Å². The first-order valence-electron chi connectivity index (χ1n) is 7.14. The minimum Gasteiger partial charge on any atom is -0.396 e. The molecule has 0 radical (unpaired) electrons. The molecule has 0 aliphatic rings. The number of hydrogen-bond acceptors (Lipinski definition) is 5. The number of nitro benzene ring substituents is 1. The second-order valence-electron chi connectivity index (χ2n) is 5.34. The normalized spacial score (nSPS) is 13.3. The Hall–Kier alpha value is -2.74. The van der Waals surface area contributed by atoms with Gasteiger partial charge in [0.15, 0.2) is 5.69 Å². The predicted molar refractivity (Wildman–Crippen MR) is 83.4 cm³/mol. The van der Waals surface area contributed by atoms with Crippen LogP contribution in [0.4, 0.5) is 5.69 Å². The summed E-state index contributed by atoms with van der Waals surface area (Å²) in [5.41, 5.74) is 0.651. The second kappa shape index (κ2) is 7.01. The summed E-state index contributed by atoms with van der Waals surface area (Å²) in [4.78, 5) is 22.4. The van der Waals surface area contributed by atoms with E-state index in [1.54, 1.807) is 25.3 Å². The van der Waals surface area contributed by atoms with Gasteiger partial charge < -0.3 is 10.4 Å². The van der Waals surface area contributed by atoms with Crippen LogP contribution >= 0.6 is 0 Å². The molecule has 0 spiro atoms. The number of carbonyl (C=O) groups excluding carboxylic acids is 1. The molecule has 23 heavy (non-hydrogen) atoms. The lowest BCUT2D eigenvalue weighted by atomic mass is 10.1. The molecule has 122 valence electrons. The van der Waals surface area contributed by atoms with Gasteiger partial charge in [-0.25, -0.2) is 4.68 Å². The van der Waals surface area contributed by atoms with Gasteiger partial charge in [0.1, 0.15) is 0 Å². The van der Waals surface area contributed by atoms with Gasteiger partial charge in [0.05, 0.1) is 10.6 Å². The Balaban J connectivity index is 2.16. The van der Waals surface area contributed by atoms with Crippen molar-refractivity contribution < 1.29 is 14.8 Å². The molecule has 2 N–H and O–H groups in total. The molecule has 2 rings (SSSR count). The largest absolute Gasteiger partial charge is 0.396 e. The number of amides is 1. The zero-order chi connectivity index (χ0) is 17.0. The zero-order valence-corrected chi connectivity index (χ0v) is 12.8. The van der Waals surface area contributed by atoms with Crippen molar-refractivity contribution in [1.29, 1.82) is 0 Å². The van der Waals surface area contributed by atoms with Gasteiger partial charge in [0.25, 0.3) is 11.6 Å². The maximum atomic E-state index is 12.1. The minimum absolute atomic E-state index is 0.0242. The highest BCUT2D eigenvalue weighted by Gasteiger charge is 2.17. The van der Waals surface area contributed by atoms with E-state index in [4.69, 9.17) is 5.11 Å². The summed E-state index contributed by atoms with van der Waals surface area (Å²) in [6.45, 7) is 3.60. The number of hydrogen-bond donors (Lipinski definition) is 2. The van der Waals surface area contributed by atoms with Crippen LogP contribution in [-0.4, -0.2) is 38.4 Å². The number of rotatable bonds is 6. The van der Waals surface area contributed by atoms with Crippen molar-refractivity contribution in [3.63, 3.8) is 0 Å². The molecule has 2 aromatic rings. The van der Waals surface area contributed by atoms with E-state index in [0.717, 1.165) is 0 Å². The fourth-order valence-corrected chi connectivity index (χ4v) is 1.92. The molecular weight excluding hydrogens is 300 g/mol. The Morgan fingerprint density at radius 2 is 2.17 bits per heavy atom.